The van der Waals surface area contributed by atoms with Crippen LogP contribution in [0.25, 0.3) is 0 Å². The first-order valence-corrected chi connectivity index (χ1v) is 6.48. The maximum absolute atomic E-state index is 11.1. The zero-order valence-corrected chi connectivity index (χ0v) is 10.8. The van der Waals surface area contributed by atoms with Gasteiger partial charge in [-0.25, -0.2) is 0 Å². The van der Waals surface area contributed by atoms with Gasteiger partial charge in [0.15, 0.2) is 5.82 Å². The number of carbonyl (C=O) groups is 1. The third kappa shape index (κ3) is 2.62. The average molecular weight is 267 g/mol. The number of aromatic nitrogens is 2. The third-order valence-corrected chi connectivity index (χ3v) is 3.74. The number of hydrogen-bond acceptors (Lipinski definition) is 6. The van der Waals surface area contributed by atoms with Crippen molar-refractivity contribution in [2.45, 2.75) is 31.3 Å². The monoisotopic (exact) mass is 267 g/mol. The summed E-state index contributed by atoms with van der Waals surface area (Å²) in [7, 11) is 1.86. The Balaban J connectivity index is 1.63. The molecule has 104 valence electrons. The molecule has 1 aromatic heterocycles. The van der Waals surface area contributed by atoms with E-state index in [4.69, 9.17) is 14.4 Å². The maximum atomic E-state index is 11.1. The lowest BCUT2D eigenvalue weighted by Gasteiger charge is -2.24. The molecule has 1 aliphatic carbocycles. The Morgan fingerprint density at radius 1 is 1.47 bits per heavy atom. The lowest BCUT2D eigenvalue weighted by molar-refractivity contribution is -0.143. The summed E-state index contributed by atoms with van der Waals surface area (Å²) in [5.41, 5.74) is 0. The molecule has 0 spiro atoms. The molecule has 0 bridgehead atoms. The minimum Gasteiger partial charge on any atom is -0.481 e. The standard InChI is InChI=1S/C12H17N3O4/c1-15(9-6-18-5-8(9)12(16)17)4-10-13-11(14-19-10)7-2-3-7/h7-9H,2-6H2,1H3,(H,16,17). The summed E-state index contributed by atoms with van der Waals surface area (Å²) in [5.74, 6) is 0.472. The number of nitrogens with zero attached hydrogens (tertiary/aromatic N) is 3. The highest BCUT2D eigenvalue weighted by Crippen LogP contribution is 2.38. The molecular formula is C12H17N3O4. The van der Waals surface area contributed by atoms with Crippen LogP contribution in [0.2, 0.25) is 0 Å². The molecule has 1 saturated heterocycles. The lowest BCUT2D eigenvalue weighted by Crippen LogP contribution is -2.40. The topological polar surface area (TPSA) is 88.7 Å². The fourth-order valence-electron chi connectivity index (χ4n) is 2.38. The molecule has 2 atom stereocenters. The predicted molar refractivity (Wildman–Crippen MR) is 63.5 cm³/mol. The summed E-state index contributed by atoms with van der Waals surface area (Å²) in [4.78, 5) is 17.4. The second kappa shape index (κ2) is 4.90. The summed E-state index contributed by atoms with van der Waals surface area (Å²) >= 11 is 0. The molecule has 1 aromatic rings. The Morgan fingerprint density at radius 2 is 2.26 bits per heavy atom. The van der Waals surface area contributed by atoms with Crippen LogP contribution >= 0.6 is 0 Å². The third-order valence-electron chi connectivity index (χ3n) is 3.74. The SMILES string of the molecule is CN(Cc1nc(C2CC2)no1)C1COCC1C(=O)O. The van der Waals surface area contributed by atoms with Crippen molar-refractivity contribution in [2.24, 2.45) is 5.92 Å². The van der Waals surface area contributed by atoms with E-state index < -0.39 is 11.9 Å². The van der Waals surface area contributed by atoms with E-state index in [2.05, 4.69) is 10.1 Å². The molecular weight excluding hydrogens is 250 g/mol. The average Bonchev–Trinajstić information content (AvgIpc) is 2.92. The van der Waals surface area contributed by atoms with E-state index in [0.717, 1.165) is 18.7 Å². The van der Waals surface area contributed by atoms with Gasteiger partial charge in [0.05, 0.1) is 25.7 Å². The molecule has 1 aliphatic heterocycles. The van der Waals surface area contributed by atoms with Gasteiger partial charge in [0, 0.05) is 12.0 Å². The molecule has 1 saturated carbocycles. The molecule has 0 radical (unpaired) electrons. The molecule has 0 amide bonds. The second-order valence-corrected chi connectivity index (χ2v) is 5.29. The van der Waals surface area contributed by atoms with Crippen molar-refractivity contribution in [1.29, 1.82) is 0 Å². The molecule has 7 heteroatoms. The molecule has 2 unspecified atom stereocenters. The minimum atomic E-state index is -0.821. The van der Waals surface area contributed by atoms with Crippen LogP contribution in [0.15, 0.2) is 4.52 Å². The van der Waals surface area contributed by atoms with E-state index in [-0.39, 0.29) is 12.6 Å². The highest BCUT2D eigenvalue weighted by molar-refractivity contribution is 5.71. The van der Waals surface area contributed by atoms with Crippen molar-refractivity contribution in [3.05, 3.63) is 11.7 Å². The maximum Gasteiger partial charge on any atom is 0.310 e. The summed E-state index contributed by atoms with van der Waals surface area (Å²) in [6, 6.07) is -0.145. The number of carboxylic acids is 1. The van der Waals surface area contributed by atoms with Gasteiger partial charge in [0.25, 0.3) is 0 Å². The Labute approximate surface area is 110 Å². The fourth-order valence-corrected chi connectivity index (χ4v) is 2.38. The summed E-state index contributed by atoms with van der Waals surface area (Å²) in [5, 5.41) is 13.1. The number of hydrogen-bond donors (Lipinski definition) is 1. The Kier molecular flexibility index (Phi) is 3.24. The van der Waals surface area contributed by atoms with Crippen LogP contribution in [-0.2, 0) is 16.1 Å². The summed E-state index contributed by atoms with van der Waals surface area (Å²) in [6.07, 6.45) is 2.26. The number of rotatable bonds is 5. The second-order valence-electron chi connectivity index (χ2n) is 5.29. The quantitative estimate of drug-likeness (QED) is 0.829. The zero-order valence-electron chi connectivity index (χ0n) is 10.8. The van der Waals surface area contributed by atoms with Gasteiger partial charge in [-0.3, -0.25) is 9.69 Å². The molecule has 1 N–H and O–H groups in total. The molecule has 3 rings (SSSR count). The fraction of sp³-hybridized carbons (Fsp3) is 0.750. The predicted octanol–water partition coefficient (Wildman–Crippen LogP) is 0.478. The van der Waals surface area contributed by atoms with Crippen LogP contribution < -0.4 is 0 Å². The first-order chi connectivity index (χ1) is 9.15. The van der Waals surface area contributed by atoms with Crippen molar-refractivity contribution in [3.8, 4) is 0 Å². The van der Waals surface area contributed by atoms with Crippen LogP contribution in [0.3, 0.4) is 0 Å². The van der Waals surface area contributed by atoms with E-state index in [1.807, 2.05) is 11.9 Å². The lowest BCUT2D eigenvalue weighted by atomic mass is 10.0. The number of likely N-dealkylation sites (N-methyl/N-ethyl adjacent to an activating group) is 1. The van der Waals surface area contributed by atoms with Crippen LogP contribution in [0.1, 0.15) is 30.5 Å². The minimum absolute atomic E-state index is 0.145. The molecule has 2 heterocycles. The van der Waals surface area contributed by atoms with Gasteiger partial charge in [-0.15, -0.1) is 0 Å². The van der Waals surface area contributed by atoms with E-state index in [0.29, 0.717) is 25.0 Å². The zero-order chi connectivity index (χ0) is 13.4. The summed E-state index contributed by atoms with van der Waals surface area (Å²) < 4.78 is 10.5. The highest BCUT2D eigenvalue weighted by Gasteiger charge is 2.37. The van der Waals surface area contributed by atoms with Gasteiger partial charge in [-0.2, -0.15) is 4.98 Å². The van der Waals surface area contributed by atoms with Gasteiger partial charge in [0.1, 0.15) is 0 Å². The smallest absolute Gasteiger partial charge is 0.310 e. The molecule has 0 aromatic carbocycles. The Hall–Kier alpha value is -1.47. The van der Waals surface area contributed by atoms with Gasteiger partial charge >= 0.3 is 5.97 Å². The molecule has 7 nitrogen and oxygen atoms in total. The van der Waals surface area contributed by atoms with E-state index in [1.165, 1.54) is 0 Å². The highest BCUT2D eigenvalue weighted by atomic mass is 16.5. The van der Waals surface area contributed by atoms with Crippen molar-refractivity contribution in [2.75, 3.05) is 20.3 Å². The molecule has 19 heavy (non-hydrogen) atoms. The largest absolute Gasteiger partial charge is 0.481 e. The van der Waals surface area contributed by atoms with Gasteiger partial charge in [-0.05, 0) is 19.9 Å². The number of carboxylic acid groups (broad SMARTS) is 1. The normalized spacial score (nSPS) is 27.1. The van der Waals surface area contributed by atoms with Crippen molar-refractivity contribution in [3.63, 3.8) is 0 Å². The summed E-state index contributed by atoms with van der Waals surface area (Å²) in [6.45, 7) is 1.15. The molecule has 2 aliphatic rings. The van der Waals surface area contributed by atoms with Crippen molar-refractivity contribution < 1.29 is 19.2 Å². The van der Waals surface area contributed by atoms with Gasteiger partial charge < -0.3 is 14.4 Å². The number of ether oxygens (including phenoxy) is 1. The van der Waals surface area contributed by atoms with E-state index >= 15 is 0 Å². The van der Waals surface area contributed by atoms with Gasteiger partial charge in [0.2, 0.25) is 5.89 Å². The van der Waals surface area contributed by atoms with Crippen LogP contribution in [0.4, 0.5) is 0 Å². The molecule has 2 fully saturated rings. The first-order valence-electron chi connectivity index (χ1n) is 6.48. The number of aliphatic carboxylic acids is 1. The van der Waals surface area contributed by atoms with Crippen LogP contribution in [0, 0.1) is 5.92 Å². The van der Waals surface area contributed by atoms with E-state index in [1.54, 1.807) is 0 Å². The Bertz CT molecular complexity index is 471. The van der Waals surface area contributed by atoms with Gasteiger partial charge in [-0.1, -0.05) is 5.16 Å². The van der Waals surface area contributed by atoms with Crippen LogP contribution in [0.5, 0.6) is 0 Å². The Morgan fingerprint density at radius 3 is 2.95 bits per heavy atom. The first kappa shape index (κ1) is 12.6. The van der Waals surface area contributed by atoms with E-state index in [9.17, 15) is 4.79 Å². The van der Waals surface area contributed by atoms with Crippen molar-refractivity contribution >= 4 is 5.97 Å². The van der Waals surface area contributed by atoms with Crippen molar-refractivity contribution in [1.82, 2.24) is 15.0 Å². The van der Waals surface area contributed by atoms with Crippen LogP contribution in [-0.4, -0.2) is 52.4 Å².